The third kappa shape index (κ3) is 4.46. The maximum Gasteiger partial charge on any atom is 0.418 e. The van der Waals surface area contributed by atoms with Gasteiger partial charge >= 0.3 is 6.18 Å². The van der Waals surface area contributed by atoms with E-state index >= 15 is 0 Å². The molecular formula is C18H11ClF3N5. The number of hydrogen-bond donors (Lipinski definition) is 2. The summed E-state index contributed by atoms with van der Waals surface area (Å²) in [5.74, 6) is 0.278. The molecule has 0 unspecified atom stereocenters. The molecule has 27 heavy (non-hydrogen) atoms. The number of nitriles is 1. The molecule has 0 saturated heterocycles. The Morgan fingerprint density at radius 3 is 2.52 bits per heavy atom. The fourth-order valence-corrected chi connectivity index (χ4v) is 2.47. The average molecular weight is 390 g/mol. The first kappa shape index (κ1) is 18.5. The molecule has 0 atom stereocenters. The third-order valence-corrected chi connectivity index (χ3v) is 3.73. The molecular weight excluding hydrogens is 379 g/mol. The lowest BCUT2D eigenvalue weighted by atomic mass is 10.1. The number of nitrogens with one attached hydrogen (secondary N) is 2. The molecule has 0 saturated carbocycles. The predicted octanol–water partition coefficient (Wildman–Crippen LogP) is 5.51. The average Bonchev–Trinajstić information content (AvgIpc) is 2.63. The summed E-state index contributed by atoms with van der Waals surface area (Å²) in [5.41, 5.74) is -0.219. The molecule has 5 nitrogen and oxygen atoms in total. The smallest absolute Gasteiger partial charge is 0.339 e. The van der Waals surface area contributed by atoms with Gasteiger partial charge in [-0.3, -0.25) is 0 Å². The number of anilines is 4. The van der Waals surface area contributed by atoms with Crippen LogP contribution in [0.4, 0.5) is 36.3 Å². The lowest BCUT2D eigenvalue weighted by Crippen LogP contribution is -2.10. The number of aromatic nitrogens is 2. The highest BCUT2D eigenvalue weighted by Crippen LogP contribution is 2.37. The number of hydrogen-bond acceptors (Lipinski definition) is 5. The van der Waals surface area contributed by atoms with Gasteiger partial charge in [0.2, 0.25) is 5.95 Å². The zero-order chi connectivity index (χ0) is 19.4. The number of benzene rings is 2. The normalized spacial score (nSPS) is 10.9. The van der Waals surface area contributed by atoms with E-state index in [-0.39, 0.29) is 16.7 Å². The Morgan fingerprint density at radius 2 is 1.78 bits per heavy atom. The van der Waals surface area contributed by atoms with Crippen LogP contribution in [0.25, 0.3) is 0 Å². The van der Waals surface area contributed by atoms with E-state index in [1.807, 2.05) is 6.07 Å². The Hall–Kier alpha value is -3.31. The predicted molar refractivity (Wildman–Crippen MR) is 96.2 cm³/mol. The van der Waals surface area contributed by atoms with Crippen LogP contribution >= 0.6 is 11.6 Å². The topological polar surface area (TPSA) is 73.6 Å². The van der Waals surface area contributed by atoms with Gasteiger partial charge in [-0.15, -0.1) is 0 Å². The van der Waals surface area contributed by atoms with Crippen molar-refractivity contribution < 1.29 is 13.2 Å². The van der Waals surface area contributed by atoms with Crippen molar-refractivity contribution >= 4 is 34.7 Å². The molecule has 9 heteroatoms. The largest absolute Gasteiger partial charge is 0.418 e. The molecule has 136 valence electrons. The zero-order valence-corrected chi connectivity index (χ0v) is 14.3. The van der Waals surface area contributed by atoms with Gasteiger partial charge in [0.05, 0.1) is 22.5 Å². The van der Waals surface area contributed by atoms with Crippen molar-refractivity contribution in [3.05, 3.63) is 70.9 Å². The summed E-state index contributed by atoms with van der Waals surface area (Å²) < 4.78 is 39.6. The minimum Gasteiger partial charge on any atom is -0.339 e. The van der Waals surface area contributed by atoms with Gasteiger partial charge in [0.15, 0.2) is 0 Å². The number of para-hydroxylation sites is 1. The van der Waals surface area contributed by atoms with Gasteiger partial charge in [0.1, 0.15) is 11.9 Å². The Labute approximate surface area is 157 Å². The van der Waals surface area contributed by atoms with Gasteiger partial charge in [0, 0.05) is 11.2 Å². The molecule has 0 radical (unpaired) electrons. The van der Waals surface area contributed by atoms with Gasteiger partial charge < -0.3 is 10.6 Å². The highest BCUT2D eigenvalue weighted by Gasteiger charge is 2.34. The summed E-state index contributed by atoms with van der Waals surface area (Å²) in [5, 5.41) is 14.6. The summed E-state index contributed by atoms with van der Waals surface area (Å²) >= 11 is 5.67. The monoisotopic (exact) mass is 389 g/mol. The van der Waals surface area contributed by atoms with E-state index in [1.165, 1.54) is 24.4 Å². The van der Waals surface area contributed by atoms with Gasteiger partial charge in [0.25, 0.3) is 0 Å². The zero-order valence-electron chi connectivity index (χ0n) is 13.5. The van der Waals surface area contributed by atoms with Crippen LogP contribution in [0.15, 0.2) is 54.7 Å². The van der Waals surface area contributed by atoms with Crippen LogP contribution < -0.4 is 10.6 Å². The van der Waals surface area contributed by atoms with Gasteiger partial charge in [-0.25, -0.2) is 4.98 Å². The van der Waals surface area contributed by atoms with Crippen LogP contribution in [0.1, 0.15) is 11.1 Å². The van der Waals surface area contributed by atoms with Crippen molar-refractivity contribution in [2.75, 3.05) is 10.6 Å². The van der Waals surface area contributed by atoms with Crippen LogP contribution in [-0.2, 0) is 6.18 Å². The molecule has 0 spiro atoms. The van der Waals surface area contributed by atoms with Crippen molar-refractivity contribution in [2.24, 2.45) is 0 Å². The maximum absolute atomic E-state index is 13.2. The van der Waals surface area contributed by atoms with Crippen molar-refractivity contribution in [3.63, 3.8) is 0 Å². The summed E-state index contributed by atoms with van der Waals surface area (Å²) in [6, 6.07) is 13.7. The van der Waals surface area contributed by atoms with Gasteiger partial charge in [-0.05, 0) is 36.4 Å². The first-order valence-corrected chi connectivity index (χ1v) is 7.97. The number of halogens is 4. The van der Waals surface area contributed by atoms with E-state index < -0.39 is 11.7 Å². The van der Waals surface area contributed by atoms with Crippen LogP contribution in [0.5, 0.6) is 0 Å². The Morgan fingerprint density at radius 1 is 1.00 bits per heavy atom. The third-order valence-electron chi connectivity index (χ3n) is 3.50. The number of nitrogens with zero attached hydrogens (tertiary/aromatic N) is 3. The lowest BCUT2D eigenvalue weighted by molar-refractivity contribution is -0.136. The van der Waals surface area contributed by atoms with Crippen molar-refractivity contribution in [3.8, 4) is 6.07 Å². The molecule has 1 aromatic heterocycles. The quantitative estimate of drug-likeness (QED) is 0.615. The van der Waals surface area contributed by atoms with E-state index in [1.54, 1.807) is 24.3 Å². The minimum atomic E-state index is -4.59. The molecule has 2 aromatic carbocycles. The first-order chi connectivity index (χ1) is 12.9. The second-order valence-electron chi connectivity index (χ2n) is 5.36. The molecule has 0 fully saturated rings. The van der Waals surface area contributed by atoms with E-state index in [2.05, 4.69) is 20.6 Å². The van der Waals surface area contributed by atoms with E-state index in [0.717, 1.165) is 6.07 Å². The summed E-state index contributed by atoms with van der Waals surface area (Å²) in [4.78, 5) is 8.08. The van der Waals surface area contributed by atoms with E-state index in [0.29, 0.717) is 17.1 Å². The fraction of sp³-hybridized carbons (Fsp3) is 0.0556. The molecule has 0 aliphatic rings. The molecule has 3 rings (SSSR count). The van der Waals surface area contributed by atoms with Crippen LogP contribution in [0, 0.1) is 11.3 Å². The van der Waals surface area contributed by atoms with E-state index in [9.17, 15) is 13.2 Å². The van der Waals surface area contributed by atoms with Gasteiger partial charge in [-0.2, -0.15) is 23.4 Å². The number of alkyl halides is 3. The Bertz CT molecular complexity index is 1010. The number of rotatable bonds is 4. The molecule has 0 bridgehead atoms. The van der Waals surface area contributed by atoms with E-state index in [4.69, 9.17) is 16.9 Å². The van der Waals surface area contributed by atoms with Crippen LogP contribution in [-0.4, -0.2) is 9.97 Å². The molecule has 2 N–H and O–H groups in total. The van der Waals surface area contributed by atoms with Crippen LogP contribution in [0.3, 0.4) is 0 Å². The minimum absolute atomic E-state index is 0.0303. The highest BCUT2D eigenvalue weighted by molar-refractivity contribution is 6.30. The molecule has 0 aliphatic carbocycles. The molecule has 0 aliphatic heterocycles. The van der Waals surface area contributed by atoms with Gasteiger partial charge in [-0.1, -0.05) is 23.7 Å². The summed E-state index contributed by atoms with van der Waals surface area (Å²) in [6.45, 7) is 0. The molecule has 3 aromatic rings. The fourth-order valence-electron chi connectivity index (χ4n) is 2.30. The Balaban J connectivity index is 1.88. The summed E-state index contributed by atoms with van der Waals surface area (Å²) in [7, 11) is 0. The second-order valence-corrected chi connectivity index (χ2v) is 5.80. The first-order valence-electron chi connectivity index (χ1n) is 7.60. The van der Waals surface area contributed by atoms with Crippen molar-refractivity contribution in [1.29, 1.82) is 5.26 Å². The maximum atomic E-state index is 13.2. The lowest BCUT2D eigenvalue weighted by Gasteiger charge is -2.14. The second kappa shape index (κ2) is 7.51. The summed E-state index contributed by atoms with van der Waals surface area (Å²) in [6.07, 6.45) is -3.20. The van der Waals surface area contributed by atoms with Crippen molar-refractivity contribution in [1.82, 2.24) is 9.97 Å². The molecule has 0 amide bonds. The molecule has 1 heterocycles. The highest BCUT2D eigenvalue weighted by atomic mass is 35.5. The standard InChI is InChI=1S/C18H11ClF3N5/c19-12-5-6-15(13(9-12)18(20,21)22)26-17-24-8-7-16(27-17)25-14-4-2-1-3-11(14)10-23/h1-9H,(H2,24,25,26,27). The SMILES string of the molecule is N#Cc1ccccc1Nc1ccnc(Nc2ccc(Cl)cc2C(F)(F)F)n1. The van der Waals surface area contributed by atoms with Crippen LogP contribution in [0.2, 0.25) is 5.02 Å². The Kier molecular flexibility index (Phi) is 5.14. The van der Waals surface area contributed by atoms with Crippen molar-refractivity contribution in [2.45, 2.75) is 6.18 Å².